The number of anilines is 1. The number of fused-ring (bicyclic) bond motifs is 1. The first-order valence-corrected chi connectivity index (χ1v) is 7.36. The van der Waals surface area contributed by atoms with Crippen molar-refractivity contribution in [3.63, 3.8) is 0 Å². The predicted molar refractivity (Wildman–Crippen MR) is 86.2 cm³/mol. The number of hydrogen-bond donors (Lipinski definition) is 2. The lowest BCUT2D eigenvalue weighted by Crippen LogP contribution is -2.21. The molecule has 2 N–H and O–H groups in total. The fraction of sp³-hybridized carbons (Fsp3) is 0.312. The highest BCUT2D eigenvalue weighted by atomic mass is 16.1. The number of nitrogens with zero attached hydrogens (tertiary/aromatic N) is 3. The molecule has 2 aromatic heterocycles. The Balaban J connectivity index is 1.87. The van der Waals surface area contributed by atoms with E-state index in [2.05, 4.69) is 51.6 Å². The summed E-state index contributed by atoms with van der Waals surface area (Å²) < 4.78 is 1.39. The summed E-state index contributed by atoms with van der Waals surface area (Å²) in [4.78, 5) is 21.0. The summed E-state index contributed by atoms with van der Waals surface area (Å²) in [6, 6.07) is 8.26. The lowest BCUT2D eigenvalue weighted by atomic mass is 10.1. The van der Waals surface area contributed by atoms with Gasteiger partial charge in [0.1, 0.15) is 0 Å². The molecule has 2 heterocycles. The van der Waals surface area contributed by atoms with E-state index in [0.717, 1.165) is 11.3 Å². The SMILES string of the molecule is CCc1c(C)nc2nc(NCc3ccc(C)cc3)[nH]n2c1=O. The van der Waals surface area contributed by atoms with Gasteiger partial charge in [-0.05, 0) is 25.8 Å². The van der Waals surface area contributed by atoms with Crippen LogP contribution in [0.2, 0.25) is 0 Å². The first-order chi connectivity index (χ1) is 10.6. The van der Waals surface area contributed by atoms with Crippen LogP contribution in [0, 0.1) is 13.8 Å². The molecule has 114 valence electrons. The first kappa shape index (κ1) is 14.3. The van der Waals surface area contributed by atoms with Crippen LogP contribution in [0.3, 0.4) is 0 Å². The van der Waals surface area contributed by atoms with Crippen LogP contribution >= 0.6 is 0 Å². The van der Waals surface area contributed by atoms with Gasteiger partial charge in [0.25, 0.3) is 11.3 Å². The van der Waals surface area contributed by atoms with Crippen molar-refractivity contribution in [1.29, 1.82) is 0 Å². The number of nitrogens with one attached hydrogen (secondary N) is 2. The summed E-state index contributed by atoms with van der Waals surface area (Å²) in [5, 5.41) is 6.15. The molecule has 0 aliphatic carbocycles. The van der Waals surface area contributed by atoms with Gasteiger partial charge in [0.2, 0.25) is 5.95 Å². The Morgan fingerprint density at radius 2 is 1.91 bits per heavy atom. The molecule has 0 aliphatic rings. The molecule has 0 amide bonds. The first-order valence-electron chi connectivity index (χ1n) is 7.36. The summed E-state index contributed by atoms with van der Waals surface area (Å²) in [6.07, 6.45) is 0.658. The van der Waals surface area contributed by atoms with Crippen LogP contribution in [-0.4, -0.2) is 19.6 Å². The quantitative estimate of drug-likeness (QED) is 0.774. The van der Waals surface area contributed by atoms with Crippen molar-refractivity contribution >= 4 is 11.7 Å². The molecule has 0 aliphatic heterocycles. The molecule has 1 aromatic carbocycles. The smallest absolute Gasteiger partial charge is 0.277 e. The normalized spacial score (nSPS) is 11.0. The van der Waals surface area contributed by atoms with Crippen LogP contribution < -0.4 is 10.9 Å². The van der Waals surface area contributed by atoms with Crippen molar-refractivity contribution in [3.8, 4) is 0 Å². The molecule has 22 heavy (non-hydrogen) atoms. The third kappa shape index (κ3) is 2.59. The number of benzene rings is 1. The highest BCUT2D eigenvalue weighted by molar-refractivity contribution is 5.39. The minimum atomic E-state index is -0.0825. The van der Waals surface area contributed by atoms with Gasteiger partial charge in [0, 0.05) is 12.1 Å². The molecule has 0 radical (unpaired) electrons. The summed E-state index contributed by atoms with van der Waals surface area (Å²) in [6.45, 7) is 6.48. The third-order valence-corrected chi connectivity index (χ3v) is 3.73. The topological polar surface area (TPSA) is 75.1 Å². The average Bonchev–Trinajstić information content (AvgIpc) is 2.90. The highest BCUT2D eigenvalue weighted by Gasteiger charge is 2.11. The maximum Gasteiger partial charge on any atom is 0.277 e. The van der Waals surface area contributed by atoms with Gasteiger partial charge in [-0.1, -0.05) is 36.8 Å². The second-order valence-electron chi connectivity index (χ2n) is 5.38. The van der Waals surface area contributed by atoms with Crippen molar-refractivity contribution < 1.29 is 0 Å². The molecular formula is C16H19N5O. The number of rotatable bonds is 4. The van der Waals surface area contributed by atoms with Gasteiger partial charge in [-0.3, -0.25) is 9.89 Å². The van der Waals surface area contributed by atoms with E-state index in [-0.39, 0.29) is 5.56 Å². The maximum atomic E-state index is 12.3. The lowest BCUT2D eigenvalue weighted by Gasteiger charge is -2.02. The summed E-state index contributed by atoms with van der Waals surface area (Å²) in [7, 11) is 0. The van der Waals surface area contributed by atoms with E-state index in [4.69, 9.17) is 0 Å². The van der Waals surface area contributed by atoms with E-state index >= 15 is 0 Å². The molecule has 0 fully saturated rings. The Bertz CT molecular complexity index is 861. The van der Waals surface area contributed by atoms with E-state index in [1.54, 1.807) is 0 Å². The van der Waals surface area contributed by atoms with Crippen LogP contribution in [0.25, 0.3) is 5.78 Å². The van der Waals surface area contributed by atoms with Crippen LogP contribution in [0.4, 0.5) is 5.95 Å². The number of aryl methyl sites for hydroxylation is 2. The van der Waals surface area contributed by atoms with Gasteiger partial charge in [-0.15, -0.1) is 0 Å². The largest absolute Gasteiger partial charge is 0.351 e. The molecule has 0 atom stereocenters. The lowest BCUT2D eigenvalue weighted by molar-refractivity contribution is 0.851. The van der Waals surface area contributed by atoms with E-state index < -0.39 is 0 Å². The van der Waals surface area contributed by atoms with Gasteiger partial charge in [0.15, 0.2) is 0 Å². The molecule has 6 nitrogen and oxygen atoms in total. The molecule has 6 heteroatoms. The summed E-state index contributed by atoms with van der Waals surface area (Å²) >= 11 is 0. The van der Waals surface area contributed by atoms with Gasteiger partial charge in [-0.25, -0.2) is 4.98 Å². The fourth-order valence-corrected chi connectivity index (χ4v) is 2.43. The van der Waals surface area contributed by atoms with Gasteiger partial charge >= 0.3 is 0 Å². The molecule has 0 saturated carbocycles. The Morgan fingerprint density at radius 1 is 1.18 bits per heavy atom. The predicted octanol–water partition coefficient (Wildman–Crippen LogP) is 2.21. The Kier molecular flexibility index (Phi) is 3.66. The molecule has 0 unspecified atom stereocenters. The summed E-state index contributed by atoms with van der Waals surface area (Å²) in [5.74, 6) is 0.934. The van der Waals surface area contributed by atoms with Crippen LogP contribution in [0.5, 0.6) is 0 Å². The van der Waals surface area contributed by atoms with Crippen LogP contribution in [-0.2, 0) is 13.0 Å². The zero-order valence-corrected chi connectivity index (χ0v) is 13.0. The number of H-pyrrole nitrogens is 1. The zero-order valence-electron chi connectivity index (χ0n) is 13.0. The monoisotopic (exact) mass is 297 g/mol. The maximum absolute atomic E-state index is 12.3. The molecule has 3 aromatic rings. The van der Waals surface area contributed by atoms with Crippen LogP contribution in [0.15, 0.2) is 29.1 Å². The summed E-state index contributed by atoms with van der Waals surface area (Å²) in [5.41, 5.74) is 3.75. The standard InChI is InChI=1S/C16H19N5O/c1-4-13-11(3)18-16-19-15(20-21(16)14(13)22)17-9-12-7-5-10(2)6-8-12/h5-8H,4,9H2,1-3H3,(H2,17,18,19,20). The van der Waals surface area contributed by atoms with E-state index in [9.17, 15) is 4.79 Å². The van der Waals surface area contributed by atoms with Crippen molar-refractivity contribution in [2.75, 3.05) is 5.32 Å². The molecule has 0 bridgehead atoms. The van der Waals surface area contributed by atoms with E-state index in [0.29, 0.717) is 30.3 Å². The zero-order chi connectivity index (χ0) is 15.7. The molecule has 3 rings (SSSR count). The second kappa shape index (κ2) is 5.63. The van der Waals surface area contributed by atoms with Gasteiger partial charge < -0.3 is 5.32 Å². The van der Waals surface area contributed by atoms with Crippen molar-refractivity contribution in [1.82, 2.24) is 19.6 Å². The number of aromatic nitrogens is 4. The van der Waals surface area contributed by atoms with Crippen LogP contribution in [0.1, 0.15) is 29.3 Å². The minimum absolute atomic E-state index is 0.0825. The van der Waals surface area contributed by atoms with Crippen molar-refractivity contribution in [3.05, 3.63) is 57.0 Å². The van der Waals surface area contributed by atoms with Gasteiger partial charge in [-0.2, -0.15) is 9.50 Å². The second-order valence-corrected chi connectivity index (χ2v) is 5.38. The van der Waals surface area contributed by atoms with Crippen molar-refractivity contribution in [2.45, 2.75) is 33.7 Å². The third-order valence-electron chi connectivity index (χ3n) is 3.73. The van der Waals surface area contributed by atoms with E-state index in [1.807, 2.05) is 13.8 Å². The highest BCUT2D eigenvalue weighted by Crippen LogP contribution is 2.08. The Labute approximate surface area is 128 Å². The Morgan fingerprint density at radius 3 is 2.59 bits per heavy atom. The average molecular weight is 297 g/mol. The van der Waals surface area contributed by atoms with E-state index in [1.165, 1.54) is 10.1 Å². The fourth-order valence-electron chi connectivity index (χ4n) is 2.43. The van der Waals surface area contributed by atoms with Crippen molar-refractivity contribution in [2.24, 2.45) is 0 Å². The number of aromatic amines is 1. The van der Waals surface area contributed by atoms with Gasteiger partial charge in [0.05, 0.1) is 5.69 Å². The molecular weight excluding hydrogens is 278 g/mol. The number of hydrogen-bond acceptors (Lipinski definition) is 4. The molecule has 0 saturated heterocycles. The molecule has 0 spiro atoms. The Hall–Kier alpha value is -2.63. The minimum Gasteiger partial charge on any atom is -0.351 e.